The molecule has 0 aliphatic carbocycles. The van der Waals surface area contributed by atoms with E-state index < -0.39 is 0 Å². The third-order valence-electron chi connectivity index (χ3n) is 3.18. The van der Waals surface area contributed by atoms with E-state index in [0.29, 0.717) is 6.04 Å². The van der Waals surface area contributed by atoms with Gasteiger partial charge in [0.2, 0.25) is 0 Å². The van der Waals surface area contributed by atoms with Crippen LogP contribution in [-0.4, -0.2) is 17.5 Å². The number of nitrogen functional groups attached to an aromatic ring is 1. The SMILES string of the molecule is CCCC(C)N(CCC)Cc1cccc(N)c1. The van der Waals surface area contributed by atoms with E-state index in [1.807, 2.05) is 12.1 Å². The second kappa shape index (κ2) is 7.33. The van der Waals surface area contributed by atoms with Crippen LogP contribution in [0.3, 0.4) is 0 Å². The molecule has 1 unspecified atom stereocenters. The summed E-state index contributed by atoms with van der Waals surface area (Å²) >= 11 is 0. The largest absolute Gasteiger partial charge is 0.399 e. The Bertz CT molecular complexity index is 322. The average Bonchev–Trinajstić information content (AvgIpc) is 2.29. The van der Waals surface area contributed by atoms with Crippen molar-refractivity contribution in [2.24, 2.45) is 0 Å². The zero-order valence-electron chi connectivity index (χ0n) is 11.4. The first kappa shape index (κ1) is 14.0. The van der Waals surface area contributed by atoms with Crippen molar-refractivity contribution in [2.45, 2.75) is 52.6 Å². The van der Waals surface area contributed by atoms with Gasteiger partial charge in [-0.1, -0.05) is 32.4 Å². The highest BCUT2D eigenvalue weighted by atomic mass is 15.1. The van der Waals surface area contributed by atoms with Gasteiger partial charge in [0.25, 0.3) is 0 Å². The molecule has 0 saturated heterocycles. The Hall–Kier alpha value is -1.02. The summed E-state index contributed by atoms with van der Waals surface area (Å²) in [5.41, 5.74) is 8.01. The van der Waals surface area contributed by atoms with Gasteiger partial charge in [0, 0.05) is 18.3 Å². The van der Waals surface area contributed by atoms with Crippen molar-refractivity contribution in [3.63, 3.8) is 0 Å². The first-order chi connectivity index (χ1) is 8.17. The lowest BCUT2D eigenvalue weighted by Crippen LogP contribution is -2.33. The van der Waals surface area contributed by atoms with Gasteiger partial charge in [0.1, 0.15) is 0 Å². The highest BCUT2D eigenvalue weighted by Crippen LogP contribution is 2.14. The number of nitrogens with two attached hydrogens (primary N) is 1. The van der Waals surface area contributed by atoms with Crippen molar-refractivity contribution in [3.8, 4) is 0 Å². The van der Waals surface area contributed by atoms with Crippen LogP contribution in [-0.2, 0) is 6.54 Å². The van der Waals surface area contributed by atoms with Gasteiger partial charge >= 0.3 is 0 Å². The number of benzene rings is 1. The summed E-state index contributed by atoms with van der Waals surface area (Å²) in [6.45, 7) is 8.99. The Morgan fingerprint density at radius 1 is 1.24 bits per heavy atom. The number of hydrogen-bond donors (Lipinski definition) is 1. The second-order valence-electron chi connectivity index (χ2n) is 4.85. The van der Waals surface area contributed by atoms with Gasteiger partial charge in [-0.2, -0.15) is 0 Å². The van der Waals surface area contributed by atoms with Gasteiger partial charge in [0.15, 0.2) is 0 Å². The maximum Gasteiger partial charge on any atom is 0.0317 e. The van der Waals surface area contributed by atoms with Crippen LogP contribution in [0.4, 0.5) is 5.69 Å². The van der Waals surface area contributed by atoms with E-state index in [1.54, 1.807) is 0 Å². The fourth-order valence-corrected chi connectivity index (χ4v) is 2.27. The third kappa shape index (κ3) is 4.78. The molecule has 1 rings (SSSR count). The molecule has 0 aliphatic heterocycles. The van der Waals surface area contributed by atoms with Gasteiger partial charge in [-0.05, 0) is 44.0 Å². The van der Waals surface area contributed by atoms with Crippen LogP contribution in [0.1, 0.15) is 45.6 Å². The van der Waals surface area contributed by atoms with Crippen molar-refractivity contribution >= 4 is 5.69 Å². The Morgan fingerprint density at radius 2 is 2.00 bits per heavy atom. The van der Waals surface area contributed by atoms with E-state index in [4.69, 9.17) is 5.73 Å². The lowest BCUT2D eigenvalue weighted by Gasteiger charge is -2.28. The van der Waals surface area contributed by atoms with E-state index >= 15 is 0 Å². The van der Waals surface area contributed by atoms with Crippen LogP contribution in [0.5, 0.6) is 0 Å². The standard InChI is InChI=1S/C15H26N2/c1-4-7-13(3)17(10-5-2)12-14-8-6-9-15(16)11-14/h6,8-9,11,13H,4-5,7,10,12,16H2,1-3H3. The molecule has 0 radical (unpaired) electrons. The molecule has 0 saturated carbocycles. The lowest BCUT2D eigenvalue weighted by molar-refractivity contribution is 0.190. The Kier molecular flexibility index (Phi) is 6.06. The Balaban J connectivity index is 2.65. The zero-order chi connectivity index (χ0) is 12.7. The highest BCUT2D eigenvalue weighted by Gasteiger charge is 2.12. The van der Waals surface area contributed by atoms with Gasteiger partial charge in [-0.15, -0.1) is 0 Å². The molecule has 2 nitrogen and oxygen atoms in total. The summed E-state index contributed by atoms with van der Waals surface area (Å²) in [5.74, 6) is 0. The molecule has 1 aromatic carbocycles. The fraction of sp³-hybridized carbons (Fsp3) is 0.600. The molecule has 2 heteroatoms. The van der Waals surface area contributed by atoms with E-state index in [2.05, 4.69) is 37.8 Å². The van der Waals surface area contributed by atoms with Gasteiger partial charge in [-0.3, -0.25) is 4.90 Å². The first-order valence-corrected chi connectivity index (χ1v) is 6.75. The smallest absolute Gasteiger partial charge is 0.0317 e. The number of nitrogens with zero attached hydrogens (tertiary/aromatic N) is 1. The van der Waals surface area contributed by atoms with Crippen LogP contribution in [0, 0.1) is 0 Å². The van der Waals surface area contributed by atoms with E-state index in [-0.39, 0.29) is 0 Å². The summed E-state index contributed by atoms with van der Waals surface area (Å²) in [6, 6.07) is 8.89. The molecule has 0 aromatic heterocycles. The number of anilines is 1. The monoisotopic (exact) mass is 234 g/mol. The molecule has 1 atom stereocenters. The minimum Gasteiger partial charge on any atom is -0.399 e. The molecule has 1 aromatic rings. The van der Waals surface area contributed by atoms with Crippen LogP contribution in [0.2, 0.25) is 0 Å². The second-order valence-corrected chi connectivity index (χ2v) is 4.85. The molecule has 96 valence electrons. The molecule has 2 N–H and O–H groups in total. The fourth-order valence-electron chi connectivity index (χ4n) is 2.27. The average molecular weight is 234 g/mol. The summed E-state index contributed by atoms with van der Waals surface area (Å²) in [6.07, 6.45) is 3.72. The van der Waals surface area contributed by atoms with Crippen LogP contribution >= 0.6 is 0 Å². The molecule has 17 heavy (non-hydrogen) atoms. The molecule has 0 amide bonds. The number of rotatable bonds is 7. The Morgan fingerprint density at radius 3 is 2.59 bits per heavy atom. The van der Waals surface area contributed by atoms with E-state index in [1.165, 1.54) is 24.8 Å². The van der Waals surface area contributed by atoms with Crippen molar-refractivity contribution < 1.29 is 0 Å². The lowest BCUT2D eigenvalue weighted by atomic mass is 10.1. The Labute approximate surface area is 106 Å². The predicted molar refractivity (Wildman–Crippen MR) is 75.9 cm³/mol. The third-order valence-corrected chi connectivity index (χ3v) is 3.18. The molecule has 0 aliphatic rings. The summed E-state index contributed by atoms with van der Waals surface area (Å²) in [5, 5.41) is 0. The summed E-state index contributed by atoms with van der Waals surface area (Å²) < 4.78 is 0. The first-order valence-electron chi connectivity index (χ1n) is 6.75. The van der Waals surface area contributed by atoms with Crippen molar-refractivity contribution in [3.05, 3.63) is 29.8 Å². The minimum absolute atomic E-state index is 0.654. The van der Waals surface area contributed by atoms with Gasteiger partial charge in [0.05, 0.1) is 0 Å². The summed E-state index contributed by atoms with van der Waals surface area (Å²) in [7, 11) is 0. The number of hydrogen-bond acceptors (Lipinski definition) is 2. The van der Waals surface area contributed by atoms with Crippen LogP contribution in [0.25, 0.3) is 0 Å². The molecule has 0 spiro atoms. The van der Waals surface area contributed by atoms with E-state index in [0.717, 1.165) is 18.8 Å². The van der Waals surface area contributed by atoms with Gasteiger partial charge < -0.3 is 5.73 Å². The van der Waals surface area contributed by atoms with Crippen molar-refractivity contribution in [1.29, 1.82) is 0 Å². The summed E-state index contributed by atoms with van der Waals surface area (Å²) in [4.78, 5) is 2.55. The van der Waals surface area contributed by atoms with Crippen LogP contribution < -0.4 is 5.73 Å². The minimum atomic E-state index is 0.654. The van der Waals surface area contributed by atoms with Crippen molar-refractivity contribution in [1.82, 2.24) is 4.90 Å². The maximum atomic E-state index is 5.82. The zero-order valence-corrected chi connectivity index (χ0v) is 11.4. The normalized spacial score (nSPS) is 12.9. The van der Waals surface area contributed by atoms with Crippen LogP contribution in [0.15, 0.2) is 24.3 Å². The molecular formula is C15H26N2. The molecule has 0 heterocycles. The van der Waals surface area contributed by atoms with Crippen molar-refractivity contribution in [2.75, 3.05) is 12.3 Å². The van der Waals surface area contributed by atoms with Gasteiger partial charge in [-0.25, -0.2) is 0 Å². The molecule has 0 fully saturated rings. The van der Waals surface area contributed by atoms with E-state index in [9.17, 15) is 0 Å². The molecule has 0 bridgehead atoms. The predicted octanol–water partition coefficient (Wildman–Crippen LogP) is 3.67. The quantitative estimate of drug-likeness (QED) is 0.729. The topological polar surface area (TPSA) is 29.3 Å². The maximum absolute atomic E-state index is 5.82. The molecular weight excluding hydrogens is 208 g/mol. The highest BCUT2D eigenvalue weighted by molar-refractivity contribution is 5.40.